The minimum Gasteiger partial charge on any atom is -0.497 e. The lowest BCUT2D eigenvalue weighted by Crippen LogP contribution is -2.28. The van der Waals surface area contributed by atoms with Gasteiger partial charge in [0.05, 0.1) is 32.0 Å². The number of ether oxygens (including phenoxy) is 2. The van der Waals surface area contributed by atoms with Crippen LogP contribution in [0.25, 0.3) is 0 Å². The molecule has 0 saturated carbocycles. The molecule has 28 heavy (non-hydrogen) atoms. The summed E-state index contributed by atoms with van der Waals surface area (Å²) in [5.41, 5.74) is 3.42. The van der Waals surface area contributed by atoms with Crippen molar-refractivity contribution in [2.75, 3.05) is 44.5 Å². The van der Waals surface area contributed by atoms with Gasteiger partial charge in [-0.15, -0.1) is 0 Å². The molecule has 0 saturated heterocycles. The molecule has 2 aliphatic rings. The van der Waals surface area contributed by atoms with Gasteiger partial charge < -0.3 is 30.7 Å². The zero-order valence-corrected chi connectivity index (χ0v) is 15.9. The van der Waals surface area contributed by atoms with Crippen molar-refractivity contribution in [3.8, 4) is 11.5 Å². The Balaban J connectivity index is 0.000000162. The molecule has 2 aliphatic heterocycles. The van der Waals surface area contributed by atoms with Crippen LogP contribution in [0.15, 0.2) is 36.4 Å². The van der Waals surface area contributed by atoms with Crippen molar-refractivity contribution in [3.05, 3.63) is 47.5 Å². The van der Waals surface area contributed by atoms with Gasteiger partial charge in [-0.05, 0) is 42.0 Å². The number of rotatable bonds is 2. The lowest BCUT2D eigenvalue weighted by molar-refractivity contribution is -0.115. The quantitative estimate of drug-likeness (QED) is 0.627. The van der Waals surface area contributed by atoms with E-state index in [1.807, 2.05) is 6.07 Å². The van der Waals surface area contributed by atoms with Gasteiger partial charge in [0.2, 0.25) is 5.91 Å². The van der Waals surface area contributed by atoms with Crippen LogP contribution in [0, 0.1) is 0 Å². The van der Waals surface area contributed by atoms with E-state index in [1.54, 1.807) is 25.3 Å². The van der Waals surface area contributed by atoms with Crippen molar-refractivity contribution in [2.24, 2.45) is 0 Å². The molecule has 148 valence electrons. The normalized spacial score (nSPS) is 15.1. The highest BCUT2D eigenvalue weighted by atomic mass is 16.5. The molecular formula is C20H24N4O4. The van der Waals surface area contributed by atoms with Gasteiger partial charge in [-0.2, -0.15) is 0 Å². The number of carbonyl (C=O) groups is 2. The molecular weight excluding hydrogens is 360 g/mol. The van der Waals surface area contributed by atoms with Crippen molar-refractivity contribution in [1.82, 2.24) is 10.6 Å². The summed E-state index contributed by atoms with van der Waals surface area (Å²) in [5, 5.41) is 11.8. The summed E-state index contributed by atoms with van der Waals surface area (Å²) < 4.78 is 10.2. The van der Waals surface area contributed by atoms with E-state index in [1.165, 1.54) is 18.4 Å². The van der Waals surface area contributed by atoms with Gasteiger partial charge in [0.15, 0.2) is 0 Å². The molecule has 0 radical (unpaired) electrons. The molecule has 2 amide bonds. The van der Waals surface area contributed by atoms with Crippen molar-refractivity contribution in [3.63, 3.8) is 0 Å². The third-order valence-corrected chi connectivity index (χ3v) is 4.40. The van der Waals surface area contributed by atoms with E-state index in [4.69, 9.17) is 9.47 Å². The predicted octanol–water partition coefficient (Wildman–Crippen LogP) is 1.59. The van der Waals surface area contributed by atoms with Crippen LogP contribution in [-0.2, 0) is 11.3 Å². The van der Waals surface area contributed by atoms with Crippen LogP contribution in [0.1, 0.15) is 15.9 Å². The predicted molar refractivity (Wildman–Crippen MR) is 107 cm³/mol. The van der Waals surface area contributed by atoms with Crippen LogP contribution in [-0.4, -0.2) is 45.7 Å². The van der Waals surface area contributed by atoms with Gasteiger partial charge in [0.1, 0.15) is 11.5 Å². The van der Waals surface area contributed by atoms with E-state index >= 15 is 0 Å². The Hall–Kier alpha value is -3.26. The van der Waals surface area contributed by atoms with E-state index < -0.39 is 0 Å². The second-order valence-corrected chi connectivity index (χ2v) is 6.27. The minimum atomic E-state index is -0.276. The maximum absolute atomic E-state index is 11.6. The molecule has 2 heterocycles. The molecule has 0 aromatic heterocycles. The number of nitrogens with one attached hydrogen (secondary N) is 4. The smallest absolute Gasteiger partial charge is 0.253 e. The van der Waals surface area contributed by atoms with E-state index in [0.29, 0.717) is 17.0 Å². The Morgan fingerprint density at radius 2 is 1.54 bits per heavy atom. The van der Waals surface area contributed by atoms with E-state index in [9.17, 15) is 9.59 Å². The van der Waals surface area contributed by atoms with Crippen molar-refractivity contribution in [1.29, 1.82) is 0 Å². The number of benzene rings is 2. The summed E-state index contributed by atoms with van der Waals surface area (Å²) in [6.45, 7) is 2.91. The molecule has 0 unspecified atom stereocenters. The first kappa shape index (κ1) is 19.5. The maximum Gasteiger partial charge on any atom is 0.253 e. The molecule has 2 aromatic carbocycles. The maximum atomic E-state index is 11.6. The first-order valence-electron chi connectivity index (χ1n) is 8.98. The average Bonchev–Trinajstić information content (AvgIpc) is 3.04. The molecule has 4 N–H and O–H groups in total. The molecule has 0 bridgehead atoms. The van der Waals surface area contributed by atoms with Crippen molar-refractivity contribution >= 4 is 23.2 Å². The third-order valence-electron chi connectivity index (χ3n) is 4.40. The molecule has 2 aromatic rings. The first-order chi connectivity index (χ1) is 13.6. The minimum absolute atomic E-state index is 0.00414. The second-order valence-electron chi connectivity index (χ2n) is 6.27. The van der Waals surface area contributed by atoms with Crippen LogP contribution in [0.5, 0.6) is 11.5 Å². The van der Waals surface area contributed by atoms with Crippen LogP contribution in [0.2, 0.25) is 0 Å². The number of hydrogen-bond acceptors (Lipinski definition) is 6. The summed E-state index contributed by atoms with van der Waals surface area (Å²) in [6.07, 6.45) is 0. The lowest BCUT2D eigenvalue weighted by atomic mass is 10.1. The van der Waals surface area contributed by atoms with Crippen molar-refractivity contribution < 1.29 is 19.1 Å². The van der Waals surface area contributed by atoms with Crippen LogP contribution >= 0.6 is 0 Å². The van der Waals surface area contributed by atoms with Crippen LogP contribution in [0.3, 0.4) is 0 Å². The van der Waals surface area contributed by atoms with E-state index in [2.05, 4.69) is 33.4 Å². The number of methoxy groups -OCH3 is 2. The summed E-state index contributed by atoms with van der Waals surface area (Å²) >= 11 is 0. The fraction of sp³-hybridized carbons (Fsp3) is 0.300. The fourth-order valence-corrected chi connectivity index (χ4v) is 2.92. The number of amides is 2. The van der Waals surface area contributed by atoms with Crippen LogP contribution < -0.4 is 30.7 Å². The largest absolute Gasteiger partial charge is 0.497 e. The van der Waals surface area contributed by atoms with Gasteiger partial charge in [0, 0.05) is 25.3 Å². The third kappa shape index (κ3) is 4.72. The van der Waals surface area contributed by atoms with Gasteiger partial charge >= 0.3 is 0 Å². The molecule has 8 heteroatoms. The Kier molecular flexibility index (Phi) is 6.33. The van der Waals surface area contributed by atoms with Gasteiger partial charge in [-0.1, -0.05) is 0 Å². The molecule has 0 fully saturated rings. The Morgan fingerprint density at radius 3 is 2.29 bits per heavy atom. The summed E-state index contributed by atoms with van der Waals surface area (Å²) in [5.74, 6) is 0.999. The Morgan fingerprint density at radius 1 is 0.821 bits per heavy atom. The van der Waals surface area contributed by atoms with Gasteiger partial charge in [-0.3, -0.25) is 9.59 Å². The first-order valence-corrected chi connectivity index (χ1v) is 8.98. The monoisotopic (exact) mass is 384 g/mol. The molecule has 0 spiro atoms. The summed E-state index contributed by atoms with van der Waals surface area (Å²) in [4.78, 5) is 22.7. The highest BCUT2D eigenvalue weighted by molar-refractivity contribution is 6.08. The SMILES string of the molecule is COc1ccc2c(c1)C(=O)NCC(=O)N2.COc1ccc2c(c1)CNCCN2. The highest BCUT2D eigenvalue weighted by Gasteiger charge is 2.19. The molecule has 4 rings (SSSR count). The lowest BCUT2D eigenvalue weighted by Gasteiger charge is -2.08. The zero-order chi connectivity index (χ0) is 19.9. The molecule has 0 aliphatic carbocycles. The number of hydrogen-bond donors (Lipinski definition) is 4. The van der Waals surface area contributed by atoms with Crippen molar-refractivity contribution in [2.45, 2.75) is 6.54 Å². The standard InChI is InChI=1S/C10H10N2O3.C10H14N2O/c1-15-6-2-3-8-7(4-6)10(14)11-5-9(13)12-8;1-13-9-2-3-10-8(6-9)7-11-4-5-12-10/h2-4H,5H2,1H3,(H,11,14)(H,12,13);2-3,6,11-12H,4-5,7H2,1H3. The zero-order valence-electron chi connectivity index (χ0n) is 15.9. The summed E-state index contributed by atoms with van der Waals surface area (Å²) in [7, 11) is 3.22. The Bertz CT molecular complexity index is 869. The molecule has 0 atom stereocenters. The Labute approximate surface area is 163 Å². The van der Waals surface area contributed by atoms with Gasteiger partial charge in [0.25, 0.3) is 5.91 Å². The fourth-order valence-electron chi connectivity index (χ4n) is 2.92. The summed E-state index contributed by atoms with van der Waals surface area (Å²) in [6, 6.07) is 11.1. The average molecular weight is 384 g/mol. The number of fused-ring (bicyclic) bond motifs is 2. The second kappa shape index (κ2) is 9.09. The van der Waals surface area contributed by atoms with E-state index in [-0.39, 0.29) is 18.4 Å². The number of carbonyl (C=O) groups excluding carboxylic acids is 2. The topological polar surface area (TPSA) is 101 Å². The van der Waals surface area contributed by atoms with Gasteiger partial charge in [-0.25, -0.2) is 0 Å². The van der Waals surface area contributed by atoms with Crippen LogP contribution in [0.4, 0.5) is 11.4 Å². The number of anilines is 2. The molecule has 8 nitrogen and oxygen atoms in total. The highest BCUT2D eigenvalue weighted by Crippen LogP contribution is 2.23. The van der Waals surface area contributed by atoms with E-state index in [0.717, 1.165) is 25.4 Å².